The minimum atomic E-state index is -3.81. The number of aliphatic carboxylic acids is 1. The lowest BCUT2D eigenvalue weighted by Gasteiger charge is -2.40. The van der Waals surface area contributed by atoms with Crippen LogP contribution in [-0.4, -0.2) is 25.6 Å². The van der Waals surface area contributed by atoms with Crippen LogP contribution in [0.5, 0.6) is 0 Å². The highest BCUT2D eigenvalue weighted by molar-refractivity contribution is 7.86. The van der Waals surface area contributed by atoms with Crippen LogP contribution in [0, 0.1) is 12.3 Å². The molecule has 0 amide bonds. The lowest BCUT2D eigenvalue weighted by atomic mass is 9.68. The van der Waals surface area contributed by atoms with Gasteiger partial charge in [0.25, 0.3) is 10.1 Å². The predicted octanol–water partition coefficient (Wildman–Crippen LogP) is 1.95. The Morgan fingerprint density at radius 2 is 1.84 bits per heavy atom. The highest BCUT2D eigenvalue weighted by Gasteiger charge is 2.48. The van der Waals surface area contributed by atoms with Crippen LogP contribution in [-0.2, 0) is 19.1 Å². The largest absolute Gasteiger partial charge is 0.481 e. The first-order chi connectivity index (χ1) is 8.73. The highest BCUT2D eigenvalue weighted by Crippen LogP contribution is 2.43. The van der Waals surface area contributed by atoms with E-state index in [2.05, 4.69) is 0 Å². The molecule has 0 unspecified atom stereocenters. The topological polar surface area (TPSA) is 80.7 Å². The van der Waals surface area contributed by atoms with Gasteiger partial charge in [0.15, 0.2) is 0 Å². The summed E-state index contributed by atoms with van der Waals surface area (Å²) in [6.45, 7) is 3.45. The van der Waals surface area contributed by atoms with Crippen LogP contribution in [0.2, 0.25) is 0 Å². The van der Waals surface area contributed by atoms with Gasteiger partial charge in [0.05, 0.1) is 16.4 Å². The van der Waals surface area contributed by atoms with Crippen molar-refractivity contribution in [3.63, 3.8) is 0 Å². The number of carbonyl (C=O) groups is 1. The van der Waals surface area contributed by atoms with E-state index in [0.29, 0.717) is 0 Å². The summed E-state index contributed by atoms with van der Waals surface area (Å²) in [4.78, 5) is 11.0. The number of rotatable bonds is 4. The van der Waals surface area contributed by atoms with E-state index < -0.39 is 27.6 Å². The molecule has 1 aliphatic rings. The first kappa shape index (κ1) is 14.0. The van der Waals surface area contributed by atoms with Crippen molar-refractivity contribution >= 4 is 16.1 Å². The van der Waals surface area contributed by atoms with Crippen molar-refractivity contribution in [3.05, 3.63) is 29.8 Å². The maximum atomic E-state index is 12.0. The van der Waals surface area contributed by atoms with Gasteiger partial charge in [-0.15, -0.1) is 0 Å². The first-order valence-corrected chi connectivity index (χ1v) is 7.37. The number of carboxylic acids is 1. The average molecular weight is 284 g/mol. The monoisotopic (exact) mass is 284 g/mol. The summed E-state index contributed by atoms with van der Waals surface area (Å²) >= 11 is 0. The molecule has 104 valence electrons. The van der Waals surface area contributed by atoms with E-state index in [-0.39, 0.29) is 17.7 Å². The second-order valence-corrected chi connectivity index (χ2v) is 6.83. The van der Waals surface area contributed by atoms with E-state index in [1.54, 1.807) is 19.1 Å². The third-order valence-electron chi connectivity index (χ3n) is 3.45. The number of hydrogen-bond donors (Lipinski definition) is 1. The lowest BCUT2D eigenvalue weighted by Crippen LogP contribution is -2.46. The van der Waals surface area contributed by atoms with E-state index >= 15 is 0 Å². The van der Waals surface area contributed by atoms with Gasteiger partial charge in [-0.25, -0.2) is 0 Å². The summed E-state index contributed by atoms with van der Waals surface area (Å²) in [5, 5.41) is 8.95. The van der Waals surface area contributed by atoms with Gasteiger partial charge < -0.3 is 5.11 Å². The van der Waals surface area contributed by atoms with Crippen molar-refractivity contribution in [1.29, 1.82) is 0 Å². The van der Waals surface area contributed by atoms with Gasteiger partial charge in [-0.3, -0.25) is 8.98 Å². The molecule has 0 saturated heterocycles. The lowest BCUT2D eigenvalue weighted by molar-refractivity contribution is -0.159. The van der Waals surface area contributed by atoms with Gasteiger partial charge >= 0.3 is 5.97 Å². The second kappa shape index (κ2) is 4.61. The minimum absolute atomic E-state index is 0.0991. The number of benzene rings is 1. The van der Waals surface area contributed by atoms with Crippen molar-refractivity contribution < 1.29 is 22.5 Å². The maximum Gasteiger partial charge on any atom is 0.309 e. The van der Waals surface area contributed by atoms with Gasteiger partial charge in [0, 0.05) is 0 Å². The molecule has 0 spiro atoms. The molecule has 0 aromatic heterocycles. The van der Waals surface area contributed by atoms with Crippen LogP contribution in [0.4, 0.5) is 0 Å². The molecule has 0 atom stereocenters. The van der Waals surface area contributed by atoms with Gasteiger partial charge in [-0.2, -0.15) is 8.42 Å². The molecule has 6 heteroatoms. The summed E-state index contributed by atoms with van der Waals surface area (Å²) in [6.07, 6.45) is -0.117. The second-order valence-electron chi connectivity index (χ2n) is 5.26. The van der Waals surface area contributed by atoms with Gasteiger partial charge in [0.1, 0.15) is 0 Å². The SMILES string of the molecule is Cc1ccc(S(=O)(=O)OC2CC(C)(C(=O)O)C2)cc1. The van der Waals surface area contributed by atoms with Crippen LogP contribution in [0.1, 0.15) is 25.3 Å². The Balaban J connectivity index is 2.04. The zero-order chi connectivity index (χ0) is 14.3. The third kappa shape index (κ3) is 2.79. The Hall–Kier alpha value is -1.40. The fourth-order valence-electron chi connectivity index (χ4n) is 2.13. The zero-order valence-electron chi connectivity index (χ0n) is 10.8. The predicted molar refractivity (Wildman–Crippen MR) is 68.2 cm³/mol. The van der Waals surface area contributed by atoms with Gasteiger partial charge in [0.2, 0.25) is 0 Å². The fraction of sp³-hybridized carbons (Fsp3) is 0.462. The normalized spacial score (nSPS) is 26.7. The molecule has 5 nitrogen and oxygen atoms in total. The molecular formula is C13H16O5S. The zero-order valence-corrected chi connectivity index (χ0v) is 11.6. The summed E-state index contributed by atoms with van der Waals surface area (Å²) in [7, 11) is -3.81. The Kier molecular flexibility index (Phi) is 3.40. The van der Waals surface area contributed by atoms with E-state index in [1.807, 2.05) is 6.92 Å². The summed E-state index contributed by atoms with van der Waals surface area (Å²) in [5.74, 6) is -0.917. The molecular weight excluding hydrogens is 268 g/mol. The molecule has 2 rings (SSSR count). The molecule has 1 N–H and O–H groups in total. The molecule has 1 aliphatic carbocycles. The molecule has 0 bridgehead atoms. The number of hydrogen-bond acceptors (Lipinski definition) is 4. The molecule has 1 fully saturated rings. The number of carboxylic acid groups (broad SMARTS) is 1. The maximum absolute atomic E-state index is 12.0. The quantitative estimate of drug-likeness (QED) is 0.855. The standard InChI is InChI=1S/C13H16O5S/c1-9-3-5-11(6-4-9)19(16,17)18-10-7-13(2,8-10)12(14)15/h3-6,10H,7-8H2,1-2H3,(H,14,15). The van der Waals surface area contributed by atoms with Crippen molar-refractivity contribution in [2.24, 2.45) is 5.41 Å². The molecule has 1 aromatic rings. The Morgan fingerprint density at radius 1 is 1.32 bits per heavy atom. The minimum Gasteiger partial charge on any atom is -0.481 e. The van der Waals surface area contributed by atoms with Gasteiger partial charge in [-0.05, 0) is 38.8 Å². The van der Waals surface area contributed by atoms with E-state index in [4.69, 9.17) is 9.29 Å². The van der Waals surface area contributed by atoms with Gasteiger partial charge in [-0.1, -0.05) is 17.7 Å². The molecule has 0 heterocycles. The van der Waals surface area contributed by atoms with Crippen LogP contribution in [0.3, 0.4) is 0 Å². The molecule has 1 aromatic carbocycles. The third-order valence-corrected chi connectivity index (χ3v) is 4.82. The summed E-state index contributed by atoms with van der Waals surface area (Å²) < 4.78 is 29.0. The smallest absolute Gasteiger partial charge is 0.309 e. The molecule has 1 saturated carbocycles. The van der Waals surface area contributed by atoms with Crippen LogP contribution < -0.4 is 0 Å². The average Bonchev–Trinajstić information content (AvgIpc) is 2.26. The fourth-order valence-corrected chi connectivity index (χ4v) is 3.20. The van der Waals surface area contributed by atoms with Crippen LogP contribution in [0.25, 0.3) is 0 Å². The van der Waals surface area contributed by atoms with E-state index in [9.17, 15) is 13.2 Å². The molecule has 0 aliphatic heterocycles. The summed E-state index contributed by atoms with van der Waals surface area (Å²) in [6, 6.07) is 6.36. The van der Waals surface area contributed by atoms with Crippen molar-refractivity contribution in [3.8, 4) is 0 Å². The summed E-state index contributed by atoms with van der Waals surface area (Å²) in [5.41, 5.74) is 0.0917. The van der Waals surface area contributed by atoms with Crippen LogP contribution in [0.15, 0.2) is 29.2 Å². The van der Waals surface area contributed by atoms with Crippen molar-refractivity contribution in [1.82, 2.24) is 0 Å². The Bertz CT molecular complexity index is 582. The molecule has 0 radical (unpaired) electrons. The van der Waals surface area contributed by atoms with Crippen molar-refractivity contribution in [2.45, 2.75) is 37.7 Å². The van der Waals surface area contributed by atoms with E-state index in [0.717, 1.165) is 5.56 Å². The number of aryl methyl sites for hydroxylation is 1. The first-order valence-electron chi connectivity index (χ1n) is 5.96. The Labute approximate surface area is 112 Å². The Morgan fingerprint density at radius 3 is 2.32 bits per heavy atom. The molecule has 19 heavy (non-hydrogen) atoms. The van der Waals surface area contributed by atoms with Crippen molar-refractivity contribution in [2.75, 3.05) is 0 Å². The van der Waals surface area contributed by atoms with Crippen LogP contribution >= 0.6 is 0 Å². The highest BCUT2D eigenvalue weighted by atomic mass is 32.2. The van der Waals surface area contributed by atoms with E-state index in [1.165, 1.54) is 12.1 Å².